The van der Waals surface area contributed by atoms with Crippen molar-refractivity contribution in [2.24, 2.45) is 10.8 Å². The molecule has 2 aliphatic rings. The molecule has 0 bridgehead atoms. The van der Waals surface area contributed by atoms with E-state index in [1.807, 2.05) is 13.8 Å². The van der Waals surface area contributed by atoms with Crippen molar-refractivity contribution in [3.63, 3.8) is 0 Å². The summed E-state index contributed by atoms with van der Waals surface area (Å²) in [6, 6.07) is 0. The summed E-state index contributed by atoms with van der Waals surface area (Å²) in [7, 11) is 0. The van der Waals surface area contributed by atoms with Crippen molar-refractivity contribution in [3.8, 4) is 0 Å². The first kappa shape index (κ1) is 12.1. The molecule has 2 rings (SSSR count). The zero-order valence-electron chi connectivity index (χ0n) is 10.6. The number of nitrogens with zero attached hydrogens (tertiary/aromatic N) is 1. The number of hydrogen-bond acceptors (Lipinski definition) is 2. The fourth-order valence-corrected chi connectivity index (χ4v) is 3.14. The predicted molar refractivity (Wildman–Crippen MR) is 66.4 cm³/mol. The molecule has 0 aromatic rings. The lowest BCUT2D eigenvalue weighted by Gasteiger charge is -2.23. The van der Waals surface area contributed by atoms with Gasteiger partial charge in [-0.2, -0.15) is 0 Å². The molecule has 2 fully saturated rings. The highest BCUT2D eigenvalue weighted by molar-refractivity contribution is 6.12. The van der Waals surface area contributed by atoms with Crippen LogP contribution in [0.3, 0.4) is 0 Å². The molecule has 17 heavy (non-hydrogen) atoms. The van der Waals surface area contributed by atoms with Crippen molar-refractivity contribution in [1.82, 2.24) is 4.90 Å². The van der Waals surface area contributed by atoms with E-state index in [9.17, 15) is 9.59 Å². The van der Waals surface area contributed by atoms with Crippen LogP contribution in [0.2, 0.25) is 0 Å². The van der Waals surface area contributed by atoms with Crippen molar-refractivity contribution in [3.05, 3.63) is 24.8 Å². The molecule has 92 valence electrons. The summed E-state index contributed by atoms with van der Waals surface area (Å²) >= 11 is 0. The maximum Gasteiger partial charge on any atom is 0.241 e. The summed E-state index contributed by atoms with van der Waals surface area (Å²) in [5, 5.41) is 0. The zero-order chi connectivity index (χ0) is 12.8. The van der Waals surface area contributed by atoms with Crippen LogP contribution in [0.1, 0.15) is 26.7 Å². The van der Waals surface area contributed by atoms with E-state index < -0.39 is 5.41 Å². The Balaban J connectivity index is 2.39. The lowest BCUT2D eigenvalue weighted by Crippen LogP contribution is -2.38. The molecular formula is C14H19NO2. The van der Waals surface area contributed by atoms with E-state index >= 15 is 0 Å². The zero-order valence-corrected chi connectivity index (χ0v) is 10.6. The molecular weight excluding hydrogens is 214 g/mol. The number of likely N-dealkylation sites (tertiary alicyclic amines) is 1. The number of carbonyl (C=O) groups is 2. The van der Waals surface area contributed by atoms with Crippen LogP contribution in [0.25, 0.3) is 0 Å². The molecule has 3 nitrogen and oxygen atoms in total. The minimum absolute atomic E-state index is 0.0454. The average molecular weight is 233 g/mol. The average Bonchev–Trinajstić information content (AvgIpc) is 2.58. The molecule has 3 heteroatoms. The second kappa shape index (κ2) is 3.56. The van der Waals surface area contributed by atoms with Crippen LogP contribution in [0.4, 0.5) is 0 Å². The lowest BCUT2D eigenvalue weighted by atomic mass is 9.77. The molecule has 1 heterocycles. The second-order valence-electron chi connectivity index (χ2n) is 5.92. The van der Waals surface area contributed by atoms with Crippen LogP contribution >= 0.6 is 0 Å². The van der Waals surface area contributed by atoms with Gasteiger partial charge in [-0.15, -0.1) is 6.58 Å². The SMILES string of the molecule is C=CCN1CC(=C)C2(CC(C)(C)CC2=O)C1=O. The molecule has 1 aliphatic carbocycles. The Morgan fingerprint density at radius 3 is 2.53 bits per heavy atom. The lowest BCUT2D eigenvalue weighted by molar-refractivity contribution is -0.140. The Morgan fingerprint density at radius 2 is 2.06 bits per heavy atom. The number of carbonyl (C=O) groups excluding carboxylic acids is 2. The fourth-order valence-electron chi connectivity index (χ4n) is 3.14. The molecule has 0 aromatic heterocycles. The van der Waals surface area contributed by atoms with Gasteiger partial charge in [-0.05, 0) is 17.4 Å². The van der Waals surface area contributed by atoms with Crippen molar-refractivity contribution < 1.29 is 9.59 Å². The molecule has 1 unspecified atom stereocenters. The van der Waals surface area contributed by atoms with E-state index in [-0.39, 0.29) is 17.1 Å². The molecule has 1 aliphatic heterocycles. The summed E-state index contributed by atoms with van der Waals surface area (Å²) < 4.78 is 0. The van der Waals surface area contributed by atoms with Crippen LogP contribution in [0.5, 0.6) is 0 Å². The monoisotopic (exact) mass is 233 g/mol. The minimum Gasteiger partial charge on any atom is -0.334 e. The van der Waals surface area contributed by atoms with Gasteiger partial charge in [0.05, 0.1) is 0 Å². The Bertz CT molecular complexity index is 422. The molecule has 1 saturated heterocycles. The Hall–Kier alpha value is -1.38. The molecule has 1 spiro atoms. The number of amides is 1. The third-order valence-corrected chi connectivity index (χ3v) is 3.85. The van der Waals surface area contributed by atoms with Gasteiger partial charge in [-0.1, -0.05) is 26.5 Å². The van der Waals surface area contributed by atoms with E-state index in [0.29, 0.717) is 25.9 Å². The third-order valence-electron chi connectivity index (χ3n) is 3.85. The largest absolute Gasteiger partial charge is 0.334 e. The fraction of sp³-hybridized carbons (Fsp3) is 0.571. The van der Waals surface area contributed by atoms with Crippen LogP contribution in [-0.4, -0.2) is 29.7 Å². The molecule has 0 N–H and O–H groups in total. The maximum absolute atomic E-state index is 12.4. The summed E-state index contributed by atoms with van der Waals surface area (Å²) in [6.07, 6.45) is 2.76. The first-order valence-corrected chi connectivity index (χ1v) is 5.95. The van der Waals surface area contributed by atoms with Gasteiger partial charge in [0, 0.05) is 19.5 Å². The highest BCUT2D eigenvalue weighted by Gasteiger charge is 2.61. The highest BCUT2D eigenvalue weighted by atomic mass is 16.2. The van der Waals surface area contributed by atoms with Gasteiger partial charge in [0.15, 0.2) is 5.78 Å². The third kappa shape index (κ3) is 1.56. The van der Waals surface area contributed by atoms with E-state index in [2.05, 4.69) is 13.2 Å². The molecule has 1 amide bonds. The minimum atomic E-state index is -0.924. The van der Waals surface area contributed by atoms with Gasteiger partial charge in [-0.3, -0.25) is 9.59 Å². The second-order valence-corrected chi connectivity index (χ2v) is 5.92. The van der Waals surface area contributed by atoms with E-state index in [1.54, 1.807) is 11.0 Å². The van der Waals surface area contributed by atoms with Crippen LogP contribution < -0.4 is 0 Å². The van der Waals surface area contributed by atoms with Gasteiger partial charge in [-0.25, -0.2) is 0 Å². The number of ketones is 1. The van der Waals surface area contributed by atoms with Crippen LogP contribution in [-0.2, 0) is 9.59 Å². The van der Waals surface area contributed by atoms with Gasteiger partial charge in [0.1, 0.15) is 5.41 Å². The summed E-state index contributed by atoms with van der Waals surface area (Å²) in [6.45, 7) is 12.7. The van der Waals surface area contributed by atoms with Gasteiger partial charge in [0.25, 0.3) is 0 Å². The normalized spacial score (nSPS) is 31.6. The van der Waals surface area contributed by atoms with Crippen LogP contribution in [0, 0.1) is 10.8 Å². The number of Topliss-reactive ketones (excluding diaryl/α,β-unsaturated/α-hetero) is 1. The van der Waals surface area contributed by atoms with Crippen molar-refractivity contribution in [1.29, 1.82) is 0 Å². The van der Waals surface area contributed by atoms with Crippen molar-refractivity contribution in [2.75, 3.05) is 13.1 Å². The van der Waals surface area contributed by atoms with Gasteiger partial charge < -0.3 is 4.90 Å². The maximum atomic E-state index is 12.4. The quantitative estimate of drug-likeness (QED) is 0.540. The summed E-state index contributed by atoms with van der Waals surface area (Å²) in [5.41, 5.74) is -0.258. The standard InChI is InChI=1S/C14H19NO2/c1-5-6-15-8-10(2)14(12(15)17)9-13(3,4)7-11(14)16/h5H,1-2,6-9H2,3-4H3. The number of rotatable bonds is 2. The topological polar surface area (TPSA) is 37.4 Å². The smallest absolute Gasteiger partial charge is 0.241 e. The van der Waals surface area contributed by atoms with Crippen molar-refractivity contribution >= 4 is 11.7 Å². The van der Waals surface area contributed by atoms with Crippen LogP contribution in [0.15, 0.2) is 24.8 Å². The Kier molecular flexibility index (Phi) is 2.53. The van der Waals surface area contributed by atoms with E-state index in [0.717, 1.165) is 5.57 Å². The summed E-state index contributed by atoms with van der Waals surface area (Å²) in [4.78, 5) is 26.4. The Labute approximate surface area is 102 Å². The Morgan fingerprint density at radius 1 is 1.41 bits per heavy atom. The molecule has 0 aromatic carbocycles. The molecule has 0 radical (unpaired) electrons. The summed E-state index contributed by atoms with van der Waals surface area (Å²) in [5.74, 6) is -0.0259. The van der Waals surface area contributed by atoms with Crippen molar-refractivity contribution in [2.45, 2.75) is 26.7 Å². The first-order valence-electron chi connectivity index (χ1n) is 5.95. The van der Waals surface area contributed by atoms with E-state index in [1.165, 1.54) is 0 Å². The molecule has 1 atom stereocenters. The van der Waals surface area contributed by atoms with E-state index in [4.69, 9.17) is 0 Å². The van der Waals surface area contributed by atoms with Gasteiger partial charge >= 0.3 is 0 Å². The predicted octanol–water partition coefficient (Wildman–Crippen LogP) is 1.95. The van der Waals surface area contributed by atoms with Gasteiger partial charge in [0.2, 0.25) is 5.91 Å². The highest BCUT2D eigenvalue weighted by Crippen LogP contribution is 2.53. The first-order chi connectivity index (χ1) is 7.83. The molecule has 1 saturated carbocycles. The number of hydrogen-bond donors (Lipinski definition) is 0.